The molecule has 0 heterocycles. The van der Waals surface area contributed by atoms with Gasteiger partial charge in [0, 0.05) is 6.08 Å². The molecular weight excluding hydrogens is 128 g/mol. The molecule has 1 N–H and O–H groups in total. The molecule has 0 aromatic heterocycles. The van der Waals surface area contributed by atoms with E-state index in [1.54, 1.807) is 6.08 Å². The van der Waals surface area contributed by atoms with E-state index in [9.17, 15) is 4.79 Å². The summed E-state index contributed by atoms with van der Waals surface area (Å²) in [5, 5.41) is 8.22. The zero-order chi connectivity index (χ0) is 7.98. The van der Waals surface area contributed by atoms with E-state index in [4.69, 9.17) is 5.11 Å². The van der Waals surface area contributed by atoms with Crippen LogP contribution in [0, 0.1) is 5.92 Å². The van der Waals surface area contributed by atoms with Crippen LogP contribution in [0.25, 0.3) is 0 Å². The van der Waals surface area contributed by atoms with Gasteiger partial charge < -0.3 is 5.11 Å². The molecule has 1 unspecified atom stereocenters. The smallest absolute Gasteiger partial charge is 0.327 e. The minimum Gasteiger partial charge on any atom is -0.478 e. The first kappa shape index (κ1) is 8.95. The van der Waals surface area contributed by atoms with Crippen molar-refractivity contribution in [3.05, 3.63) is 24.3 Å². The van der Waals surface area contributed by atoms with Crippen LogP contribution in [0.4, 0.5) is 0 Å². The molecule has 1 atom stereocenters. The normalized spacial score (nSPS) is 14.6. The van der Waals surface area contributed by atoms with Crippen molar-refractivity contribution >= 4 is 5.97 Å². The van der Waals surface area contributed by atoms with E-state index < -0.39 is 5.97 Å². The van der Waals surface area contributed by atoms with Crippen LogP contribution in [-0.2, 0) is 4.79 Å². The summed E-state index contributed by atoms with van der Waals surface area (Å²) in [5.74, 6) is -0.683. The highest BCUT2D eigenvalue weighted by Crippen LogP contribution is 1.97. The second-order valence-electron chi connectivity index (χ2n) is 2.08. The summed E-state index contributed by atoms with van der Waals surface area (Å²) in [6.45, 7) is 3.84. The van der Waals surface area contributed by atoms with Crippen LogP contribution >= 0.6 is 0 Å². The van der Waals surface area contributed by atoms with Crippen molar-refractivity contribution in [2.45, 2.75) is 13.8 Å². The largest absolute Gasteiger partial charge is 0.478 e. The predicted octanol–water partition coefficient (Wildman–Crippen LogP) is 1.84. The number of aliphatic carboxylic acids is 1. The van der Waals surface area contributed by atoms with Gasteiger partial charge in [-0.05, 0) is 12.8 Å². The van der Waals surface area contributed by atoms with Crippen LogP contribution < -0.4 is 0 Å². The Bertz CT molecular complexity index is 157. The van der Waals surface area contributed by atoms with E-state index in [1.165, 1.54) is 0 Å². The summed E-state index contributed by atoms with van der Waals surface area (Å²) in [5.41, 5.74) is 0. The lowest BCUT2D eigenvalue weighted by Crippen LogP contribution is -1.89. The molecule has 0 aromatic rings. The first-order valence-electron chi connectivity index (χ1n) is 3.20. The molecule has 2 nitrogen and oxygen atoms in total. The average Bonchev–Trinajstić information content (AvgIpc) is 1.85. The molecule has 0 rings (SSSR count). The maximum absolute atomic E-state index is 10.00. The number of rotatable bonds is 3. The van der Waals surface area contributed by atoms with Crippen LogP contribution in [0.5, 0.6) is 0 Å². The summed E-state index contributed by atoms with van der Waals surface area (Å²) in [4.78, 5) is 10.00. The maximum Gasteiger partial charge on any atom is 0.327 e. The van der Waals surface area contributed by atoms with Crippen LogP contribution in [0.15, 0.2) is 24.3 Å². The number of carboxylic acids is 1. The van der Waals surface area contributed by atoms with Gasteiger partial charge in [-0.25, -0.2) is 4.79 Å². The minimum atomic E-state index is -0.892. The SMILES string of the molecule is C/C=C\C(C)/C=C/C(=O)O. The zero-order valence-electron chi connectivity index (χ0n) is 6.24. The topological polar surface area (TPSA) is 37.3 Å². The second-order valence-corrected chi connectivity index (χ2v) is 2.08. The third kappa shape index (κ3) is 5.09. The predicted molar refractivity (Wildman–Crippen MR) is 40.8 cm³/mol. The summed E-state index contributed by atoms with van der Waals surface area (Å²) in [7, 11) is 0. The summed E-state index contributed by atoms with van der Waals surface area (Å²) >= 11 is 0. The van der Waals surface area contributed by atoms with Gasteiger partial charge in [-0.15, -0.1) is 0 Å². The first-order valence-corrected chi connectivity index (χ1v) is 3.20. The van der Waals surface area contributed by atoms with Gasteiger partial charge in [0.2, 0.25) is 0 Å². The number of allylic oxidation sites excluding steroid dienone is 3. The molecule has 0 saturated carbocycles. The fourth-order valence-corrected chi connectivity index (χ4v) is 0.602. The van der Waals surface area contributed by atoms with Crippen LogP contribution in [0.2, 0.25) is 0 Å². The molecule has 0 aliphatic heterocycles. The van der Waals surface area contributed by atoms with Gasteiger partial charge in [-0.1, -0.05) is 25.2 Å². The Morgan fingerprint density at radius 1 is 1.50 bits per heavy atom. The summed E-state index contributed by atoms with van der Waals surface area (Å²) < 4.78 is 0. The van der Waals surface area contributed by atoms with E-state index in [0.717, 1.165) is 6.08 Å². The highest BCUT2D eigenvalue weighted by atomic mass is 16.4. The van der Waals surface area contributed by atoms with Crippen LogP contribution in [0.1, 0.15) is 13.8 Å². The van der Waals surface area contributed by atoms with Crippen molar-refractivity contribution in [2.75, 3.05) is 0 Å². The Labute approximate surface area is 60.9 Å². The summed E-state index contributed by atoms with van der Waals surface area (Å²) in [6, 6.07) is 0. The zero-order valence-corrected chi connectivity index (χ0v) is 6.24. The van der Waals surface area contributed by atoms with Crippen LogP contribution in [0.3, 0.4) is 0 Å². The molecule has 10 heavy (non-hydrogen) atoms. The van der Waals surface area contributed by atoms with Crippen molar-refractivity contribution in [3.63, 3.8) is 0 Å². The molecule has 0 amide bonds. The molecular formula is C8H12O2. The lowest BCUT2D eigenvalue weighted by Gasteiger charge is -1.93. The fraction of sp³-hybridized carbons (Fsp3) is 0.375. The molecule has 0 saturated heterocycles. The van der Waals surface area contributed by atoms with Crippen molar-refractivity contribution < 1.29 is 9.90 Å². The van der Waals surface area contributed by atoms with Gasteiger partial charge in [0.05, 0.1) is 0 Å². The lowest BCUT2D eigenvalue weighted by molar-refractivity contribution is -0.131. The molecule has 0 fully saturated rings. The van der Waals surface area contributed by atoms with Crippen molar-refractivity contribution in [1.29, 1.82) is 0 Å². The molecule has 0 bridgehead atoms. The molecule has 0 spiro atoms. The van der Waals surface area contributed by atoms with Gasteiger partial charge in [0.25, 0.3) is 0 Å². The Morgan fingerprint density at radius 3 is 2.50 bits per heavy atom. The molecule has 0 aliphatic carbocycles. The Balaban J connectivity index is 3.77. The van der Waals surface area contributed by atoms with Gasteiger partial charge in [-0.2, -0.15) is 0 Å². The Kier molecular flexibility index (Phi) is 4.29. The number of carbonyl (C=O) groups is 1. The van der Waals surface area contributed by atoms with E-state index in [-0.39, 0.29) is 5.92 Å². The highest BCUT2D eigenvalue weighted by Gasteiger charge is 1.89. The van der Waals surface area contributed by atoms with Crippen molar-refractivity contribution in [1.82, 2.24) is 0 Å². The molecule has 0 aromatic carbocycles. The number of hydrogen-bond acceptors (Lipinski definition) is 1. The quantitative estimate of drug-likeness (QED) is 0.479. The van der Waals surface area contributed by atoms with E-state index in [1.807, 2.05) is 26.0 Å². The second kappa shape index (κ2) is 4.79. The third-order valence-corrected chi connectivity index (χ3v) is 1.04. The van der Waals surface area contributed by atoms with Gasteiger partial charge in [0.1, 0.15) is 0 Å². The van der Waals surface area contributed by atoms with E-state index >= 15 is 0 Å². The van der Waals surface area contributed by atoms with Gasteiger partial charge >= 0.3 is 5.97 Å². The molecule has 0 aliphatic rings. The minimum absolute atomic E-state index is 0.209. The monoisotopic (exact) mass is 140 g/mol. The van der Waals surface area contributed by atoms with Crippen molar-refractivity contribution in [3.8, 4) is 0 Å². The molecule has 2 heteroatoms. The standard InChI is InChI=1S/C8H12O2/c1-3-4-7(2)5-6-8(9)10/h3-7H,1-2H3,(H,9,10)/b4-3-,6-5+. The Morgan fingerprint density at radius 2 is 2.10 bits per heavy atom. The van der Waals surface area contributed by atoms with E-state index in [2.05, 4.69) is 0 Å². The van der Waals surface area contributed by atoms with Crippen molar-refractivity contribution in [2.24, 2.45) is 5.92 Å². The van der Waals surface area contributed by atoms with Gasteiger partial charge in [-0.3, -0.25) is 0 Å². The lowest BCUT2D eigenvalue weighted by atomic mass is 10.1. The summed E-state index contributed by atoms with van der Waals surface area (Å²) in [6.07, 6.45) is 6.63. The third-order valence-electron chi connectivity index (χ3n) is 1.04. The van der Waals surface area contributed by atoms with Gasteiger partial charge in [0.15, 0.2) is 0 Å². The molecule has 56 valence electrons. The number of hydrogen-bond donors (Lipinski definition) is 1. The molecule has 0 radical (unpaired) electrons. The average molecular weight is 140 g/mol. The highest BCUT2D eigenvalue weighted by molar-refractivity contribution is 5.79. The van der Waals surface area contributed by atoms with Crippen LogP contribution in [-0.4, -0.2) is 11.1 Å². The number of carboxylic acid groups (broad SMARTS) is 1. The first-order chi connectivity index (χ1) is 4.66. The Hall–Kier alpha value is -1.05. The van der Waals surface area contributed by atoms with E-state index in [0.29, 0.717) is 0 Å². The fourth-order valence-electron chi connectivity index (χ4n) is 0.602. The maximum atomic E-state index is 10.00.